The smallest absolute Gasteiger partial charge is 0.304 e. The summed E-state index contributed by atoms with van der Waals surface area (Å²) in [6, 6.07) is 7.47. The second-order valence-corrected chi connectivity index (χ2v) is 6.38. The summed E-state index contributed by atoms with van der Waals surface area (Å²) in [5.74, 6) is 0. The Morgan fingerprint density at radius 3 is 2.39 bits per heavy atom. The molecule has 0 bridgehead atoms. The summed E-state index contributed by atoms with van der Waals surface area (Å²) < 4.78 is 27.2. The van der Waals surface area contributed by atoms with Crippen molar-refractivity contribution in [1.29, 1.82) is 0 Å². The first-order chi connectivity index (χ1) is 8.50. The molecule has 2 rings (SSSR count). The maximum atomic E-state index is 12.2. The quantitative estimate of drug-likeness (QED) is 0.872. The van der Waals surface area contributed by atoms with Crippen molar-refractivity contribution >= 4 is 15.9 Å². The van der Waals surface area contributed by atoms with Gasteiger partial charge in [0.25, 0.3) is 0 Å². The van der Waals surface area contributed by atoms with E-state index in [-0.39, 0.29) is 6.04 Å². The fourth-order valence-corrected chi connectivity index (χ4v) is 3.69. The van der Waals surface area contributed by atoms with E-state index in [4.69, 9.17) is 5.73 Å². The van der Waals surface area contributed by atoms with Crippen LogP contribution in [0.2, 0.25) is 0 Å². The third kappa shape index (κ3) is 2.11. The largest absolute Gasteiger partial charge is 0.329 e. The number of rotatable bonds is 3. The molecule has 0 amide bonds. The zero-order chi connectivity index (χ0) is 13.3. The van der Waals surface area contributed by atoms with E-state index in [1.807, 2.05) is 24.3 Å². The SMILES string of the molecule is CCc1ccc(N2CC(CN)N(C)S2(=O)=O)cc1. The summed E-state index contributed by atoms with van der Waals surface area (Å²) in [7, 11) is -1.84. The second-order valence-electron chi connectivity index (χ2n) is 4.46. The molecule has 5 nitrogen and oxygen atoms in total. The van der Waals surface area contributed by atoms with Gasteiger partial charge in [-0.15, -0.1) is 0 Å². The molecule has 100 valence electrons. The number of aryl methyl sites for hydroxylation is 1. The van der Waals surface area contributed by atoms with Gasteiger partial charge in [-0.25, -0.2) is 0 Å². The molecule has 18 heavy (non-hydrogen) atoms. The molecule has 1 aromatic rings. The third-order valence-electron chi connectivity index (χ3n) is 3.44. The van der Waals surface area contributed by atoms with Crippen molar-refractivity contribution in [2.24, 2.45) is 5.73 Å². The summed E-state index contributed by atoms with van der Waals surface area (Å²) >= 11 is 0. The van der Waals surface area contributed by atoms with Gasteiger partial charge >= 0.3 is 10.2 Å². The summed E-state index contributed by atoms with van der Waals surface area (Å²) in [4.78, 5) is 0. The molecular formula is C12H19N3O2S. The van der Waals surface area contributed by atoms with Gasteiger partial charge < -0.3 is 5.73 Å². The number of hydrogen-bond acceptors (Lipinski definition) is 3. The van der Waals surface area contributed by atoms with E-state index in [1.165, 1.54) is 14.2 Å². The van der Waals surface area contributed by atoms with E-state index in [2.05, 4.69) is 6.92 Å². The van der Waals surface area contributed by atoms with E-state index in [0.29, 0.717) is 18.8 Å². The van der Waals surface area contributed by atoms with Crippen molar-refractivity contribution < 1.29 is 8.42 Å². The monoisotopic (exact) mass is 269 g/mol. The number of likely N-dealkylation sites (N-methyl/N-ethyl adjacent to an activating group) is 1. The van der Waals surface area contributed by atoms with Gasteiger partial charge in [-0.05, 0) is 24.1 Å². The molecule has 0 saturated carbocycles. The van der Waals surface area contributed by atoms with Crippen LogP contribution in [0.25, 0.3) is 0 Å². The first-order valence-corrected chi connectivity index (χ1v) is 7.45. The summed E-state index contributed by atoms with van der Waals surface area (Å²) in [6.45, 7) is 2.82. The predicted molar refractivity (Wildman–Crippen MR) is 72.7 cm³/mol. The normalized spacial score (nSPS) is 23.5. The zero-order valence-corrected chi connectivity index (χ0v) is 11.5. The van der Waals surface area contributed by atoms with Gasteiger partial charge in [-0.1, -0.05) is 19.1 Å². The molecule has 1 aliphatic heterocycles. The Kier molecular flexibility index (Phi) is 3.61. The highest BCUT2D eigenvalue weighted by Crippen LogP contribution is 2.27. The average Bonchev–Trinajstić information content (AvgIpc) is 2.61. The number of nitrogens with zero attached hydrogens (tertiary/aromatic N) is 2. The van der Waals surface area contributed by atoms with Gasteiger partial charge in [-0.3, -0.25) is 4.31 Å². The van der Waals surface area contributed by atoms with Crippen LogP contribution >= 0.6 is 0 Å². The van der Waals surface area contributed by atoms with Crippen LogP contribution in [-0.4, -0.2) is 38.9 Å². The average molecular weight is 269 g/mol. The van der Waals surface area contributed by atoms with Crippen LogP contribution in [0.5, 0.6) is 0 Å². The van der Waals surface area contributed by atoms with Crippen molar-refractivity contribution in [3.8, 4) is 0 Å². The third-order valence-corrected chi connectivity index (χ3v) is 5.38. The van der Waals surface area contributed by atoms with E-state index in [1.54, 1.807) is 7.05 Å². The molecule has 1 aromatic carbocycles. The van der Waals surface area contributed by atoms with Gasteiger partial charge in [0.2, 0.25) is 0 Å². The van der Waals surface area contributed by atoms with Crippen molar-refractivity contribution in [2.75, 3.05) is 24.4 Å². The predicted octanol–water partition coefficient (Wildman–Crippen LogP) is 0.573. The van der Waals surface area contributed by atoms with Gasteiger partial charge in [0.05, 0.1) is 18.3 Å². The maximum absolute atomic E-state index is 12.2. The van der Waals surface area contributed by atoms with Gasteiger partial charge in [-0.2, -0.15) is 12.7 Å². The minimum Gasteiger partial charge on any atom is -0.329 e. The molecule has 6 heteroatoms. The van der Waals surface area contributed by atoms with Crippen molar-refractivity contribution in [3.63, 3.8) is 0 Å². The highest BCUT2D eigenvalue weighted by molar-refractivity contribution is 7.90. The number of hydrogen-bond donors (Lipinski definition) is 1. The summed E-state index contributed by atoms with van der Waals surface area (Å²) in [6.07, 6.45) is 0.943. The van der Waals surface area contributed by atoms with Gasteiger partial charge in [0, 0.05) is 13.6 Å². The molecule has 0 aliphatic carbocycles. The lowest BCUT2D eigenvalue weighted by atomic mass is 10.1. The first kappa shape index (κ1) is 13.3. The number of nitrogens with two attached hydrogens (primary N) is 1. The zero-order valence-electron chi connectivity index (χ0n) is 10.7. The van der Waals surface area contributed by atoms with E-state index < -0.39 is 10.2 Å². The van der Waals surface area contributed by atoms with Crippen LogP contribution < -0.4 is 10.0 Å². The Bertz CT molecular complexity index is 513. The molecular weight excluding hydrogens is 250 g/mol. The number of anilines is 1. The lowest BCUT2D eigenvalue weighted by molar-refractivity contribution is 0.417. The topological polar surface area (TPSA) is 66.6 Å². The van der Waals surface area contributed by atoms with E-state index in [0.717, 1.165) is 6.42 Å². The molecule has 0 spiro atoms. The minimum atomic E-state index is -3.41. The Hall–Kier alpha value is -1.11. The van der Waals surface area contributed by atoms with E-state index in [9.17, 15) is 8.42 Å². The lowest BCUT2D eigenvalue weighted by Crippen LogP contribution is -2.36. The Balaban J connectivity index is 2.33. The molecule has 1 fully saturated rings. The molecule has 1 heterocycles. The summed E-state index contributed by atoms with van der Waals surface area (Å²) in [5, 5.41) is 0. The maximum Gasteiger partial charge on any atom is 0.304 e. The fraction of sp³-hybridized carbons (Fsp3) is 0.500. The standard InChI is InChI=1S/C12H19N3O2S/c1-3-10-4-6-11(7-5-10)15-9-12(8-13)14(2)18(15,16)17/h4-7,12H,3,8-9,13H2,1-2H3. The van der Waals surface area contributed by atoms with Crippen LogP contribution in [0.3, 0.4) is 0 Å². The van der Waals surface area contributed by atoms with Crippen LogP contribution in [0.15, 0.2) is 24.3 Å². The molecule has 1 aliphatic rings. The first-order valence-electron chi connectivity index (χ1n) is 6.05. The summed E-state index contributed by atoms with van der Waals surface area (Å²) in [5.41, 5.74) is 7.50. The Morgan fingerprint density at radius 2 is 1.94 bits per heavy atom. The minimum absolute atomic E-state index is 0.152. The van der Waals surface area contributed by atoms with E-state index >= 15 is 0 Å². The molecule has 0 radical (unpaired) electrons. The molecule has 1 unspecified atom stereocenters. The molecule has 1 atom stereocenters. The van der Waals surface area contributed by atoms with Gasteiger partial charge in [0.1, 0.15) is 0 Å². The second kappa shape index (κ2) is 4.87. The fourth-order valence-electron chi connectivity index (χ4n) is 2.10. The van der Waals surface area contributed by atoms with Crippen LogP contribution in [0, 0.1) is 0 Å². The number of benzene rings is 1. The van der Waals surface area contributed by atoms with Crippen LogP contribution in [0.4, 0.5) is 5.69 Å². The van der Waals surface area contributed by atoms with Crippen LogP contribution in [0.1, 0.15) is 12.5 Å². The van der Waals surface area contributed by atoms with Crippen molar-refractivity contribution in [3.05, 3.63) is 29.8 Å². The molecule has 2 N–H and O–H groups in total. The Labute approximate surface area is 108 Å². The highest BCUT2D eigenvalue weighted by atomic mass is 32.2. The van der Waals surface area contributed by atoms with Crippen LogP contribution in [-0.2, 0) is 16.6 Å². The molecule has 1 saturated heterocycles. The van der Waals surface area contributed by atoms with Gasteiger partial charge in [0.15, 0.2) is 0 Å². The van der Waals surface area contributed by atoms with Crippen molar-refractivity contribution in [1.82, 2.24) is 4.31 Å². The van der Waals surface area contributed by atoms with Crippen molar-refractivity contribution in [2.45, 2.75) is 19.4 Å². The molecule has 0 aromatic heterocycles. The lowest BCUT2D eigenvalue weighted by Gasteiger charge is -2.18. The Morgan fingerprint density at radius 1 is 1.33 bits per heavy atom. The highest BCUT2D eigenvalue weighted by Gasteiger charge is 2.40.